The molecule has 54 heavy (non-hydrogen) atoms. The Hall–Kier alpha value is -7.30. The Kier molecular flexibility index (Phi) is 6.82. The molecule has 3 aromatic heterocycles. The van der Waals surface area contributed by atoms with Crippen LogP contribution in [0, 0.1) is 0 Å². The first-order chi connectivity index (χ1) is 26.8. The summed E-state index contributed by atoms with van der Waals surface area (Å²) in [5.41, 5.74) is 12.8. The third-order valence-corrected chi connectivity index (χ3v) is 10.8. The molecule has 4 heteroatoms. The largest absolute Gasteiger partial charge is 0.354 e. The number of hydrogen-bond acceptors (Lipinski definition) is 2. The summed E-state index contributed by atoms with van der Waals surface area (Å²) in [6.45, 7) is 0. The molecule has 252 valence electrons. The molecule has 0 atom stereocenters. The first-order valence-corrected chi connectivity index (χ1v) is 18.3. The van der Waals surface area contributed by atoms with Crippen LogP contribution in [0.25, 0.3) is 105 Å². The van der Waals surface area contributed by atoms with Crippen molar-refractivity contribution in [1.82, 2.24) is 19.5 Å². The normalized spacial score (nSPS) is 11.7. The van der Waals surface area contributed by atoms with Crippen LogP contribution in [0.15, 0.2) is 188 Å². The summed E-state index contributed by atoms with van der Waals surface area (Å²) in [6, 6.07) is 64.8. The zero-order chi connectivity index (χ0) is 35.6. The molecule has 0 saturated heterocycles. The molecule has 0 amide bonds. The number of nitrogens with zero attached hydrogens (tertiary/aromatic N) is 3. The molecule has 0 radical (unpaired) electrons. The maximum Gasteiger partial charge on any atom is 0.147 e. The van der Waals surface area contributed by atoms with Gasteiger partial charge >= 0.3 is 0 Å². The van der Waals surface area contributed by atoms with Crippen molar-refractivity contribution in [2.24, 2.45) is 0 Å². The monoisotopic (exact) mass is 688 g/mol. The van der Waals surface area contributed by atoms with E-state index in [1.165, 1.54) is 32.5 Å². The minimum atomic E-state index is 0.892. The zero-order valence-corrected chi connectivity index (χ0v) is 29.2. The lowest BCUT2D eigenvalue weighted by atomic mass is 9.93. The Balaban J connectivity index is 1.20. The van der Waals surface area contributed by atoms with Crippen LogP contribution < -0.4 is 0 Å². The minimum absolute atomic E-state index is 0.892. The van der Waals surface area contributed by atoms with Gasteiger partial charge in [-0.3, -0.25) is 9.55 Å². The lowest BCUT2D eigenvalue weighted by molar-refractivity contribution is 1.12. The molecule has 0 spiro atoms. The molecule has 11 aromatic rings. The van der Waals surface area contributed by atoms with E-state index < -0.39 is 0 Å². The third kappa shape index (κ3) is 4.78. The van der Waals surface area contributed by atoms with Crippen molar-refractivity contribution in [2.45, 2.75) is 0 Å². The molecular weight excluding hydrogens is 657 g/mol. The Morgan fingerprint density at radius 1 is 0.444 bits per heavy atom. The van der Waals surface area contributed by atoms with Gasteiger partial charge in [0.1, 0.15) is 5.82 Å². The van der Waals surface area contributed by atoms with Gasteiger partial charge in [-0.05, 0) is 81.4 Å². The van der Waals surface area contributed by atoms with Gasteiger partial charge in [-0.1, -0.05) is 133 Å². The number of fused-ring (bicyclic) bond motifs is 6. The van der Waals surface area contributed by atoms with Crippen molar-refractivity contribution in [3.8, 4) is 50.6 Å². The van der Waals surface area contributed by atoms with Gasteiger partial charge in [0.25, 0.3) is 0 Å². The zero-order valence-electron chi connectivity index (χ0n) is 29.2. The molecule has 0 aliphatic rings. The number of nitrogens with one attached hydrogen (secondary N) is 1. The number of pyridine rings is 1. The lowest BCUT2D eigenvalue weighted by Gasteiger charge is -2.14. The molecule has 0 bridgehead atoms. The number of para-hydroxylation sites is 3. The van der Waals surface area contributed by atoms with Crippen LogP contribution in [0.1, 0.15) is 0 Å². The Morgan fingerprint density at radius 3 is 2.06 bits per heavy atom. The SMILES string of the molecule is c1ccc(-c2ccnc(-c3cc(-c4cccc5c4nc(-c4cccc6c4[nH]c4ccccc46)n5-c4cccc5ccccc45)c4ccccc4c3)c2)cc1. The standard InChI is InChI=1S/C50H32N4/c1-2-13-32(14-3-1)34-27-28-51-45(31-34)36-29-35-16-5-6-18-37(35)43(30-36)41-22-12-26-47-49(41)53-50(54(47)46-25-10-17-33-15-4-7-19-38(33)46)42-23-11-21-40-39-20-8-9-24-44(39)52-48(40)42/h1-31,52H. The van der Waals surface area contributed by atoms with E-state index in [0.717, 1.165) is 72.5 Å². The molecule has 1 N–H and O–H groups in total. The minimum Gasteiger partial charge on any atom is -0.354 e. The molecule has 0 aliphatic carbocycles. The maximum absolute atomic E-state index is 5.65. The van der Waals surface area contributed by atoms with Crippen LogP contribution in [0.2, 0.25) is 0 Å². The van der Waals surface area contributed by atoms with Crippen LogP contribution in [0.3, 0.4) is 0 Å². The van der Waals surface area contributed by atoms with Gasteiger partial charge in [0.15, 0.2) is 0 Å². The highest BCUT2D eigenvalue weighted by Gasteiger charge is 2.22. The van der Waals surface area contributed by atoms with Crippen LogP contribution >= 0.6 is 0 Å². The summed E-state index contributed by atoms with van der Waals surface area (Å²) in [5, 5.41) is 7.08. The van der Waals surface area contributed by atoms with Gasteiger partial charge in [0, 0.05) is 44.6 Å². The van der Waals surface area contributed by atoms with Gasteiger partial charge in [-0.25, -0.2) is 4.98 Å². The topological polar surface area (TPSA) is 46.5 Å². The predicted octanol–water partition coefficient (Wildman–Crippen LogP) is 13.0. The van der Waals surface area contributed by atoms with Gasteiger partial charge in [0.2, 0.25) is 0 Å². The van der Waals surface area contributed by atoms with Gasteiger partial charge in [0.05, 0.1) is 27.9 Å². The predicted molar refractivity (Wildman–Crippen MR) is 225 cm³/mol. The molecule has 0 fully saturated rings. The van der Waals surface area contributed by atoms with E-state index in [1.54, 1.807) is 0 Å². The average Bonchev–Trinajstić information content (AvgIpc) is 3.82. The van der Waals surface area contributed by atoms with Gasteiger partial charge in [-0.15, -0.1) is 0 Å². The first kappa shape index (κ1) is 30.3. The molecule has 0 aliphatic heterocycles. The van der Waals surface area contributed by atoms with Crippen molar-refractivity contribution < 1.29 is 0 Å². The van der Waals surface area contributed by atoms with Crippen LogP contribution in [-0.4, -0.2) is 19.5 Å². The summed E-state index contributed by atoms with van der Waals surface area (Å²) in [4.78, 5) is 14.3. The van der Waals surface area contributed by atoms with E-state index in [1.807, 2.05) is 6.20 Å². The maximum atomic E-state index is 5.65. The highest BCUT2D eigenvalue weighted by atomic mass is 15.1. The molecule has 0 unspecified atom stereocenters. The van der Waals surface area contributed by atoms with Crippen LogP contribution in [-0.2, 0) is 0 Å². The second-order valence-electron chi connectivity index (χ2n) is 13.9. The van der Waals surface area contributed by atoms with Crippen molar-refractivity contribution >= 4 is 54.4 Å². The molecule has 11 rings (SSSR count). The number of rotatable bonds is 5. The van der Waals surface area contributed by atoms with Crippen LogP contribution in [0.5, 0.6) is 0 Å². The number of aromatic amines is 1. The second kappa shape index (κ2) is 12.1. The summed E-state index contributed by atoms with van der Waals surface area (Å²) >= 11 is 0. The second-order valence-corrected chi connectivity index (χ2v) is 13.9. The van der Waals surface area contributed by atoms with E-state index in [4.69, 9.17) is 9.97 Å². The van der Waals surface area contributed by atoms with Crippen LogP contribution in [0.4, 0.5) is 0 Å². The van der Waals surface area contributed by atoms with Crippen molar-refractivity contribution in [3.63, 3.8) is 0 Å². The van der Waals surface area contributed by atoms with Crippen molar-refractivity contribution in [1.29, 1.82) is 0 Å². The smallest absolute Gasteiger partial charge is 0.147 e. The fourth-order valence-corrected chi connectivity index (χ4v) is 8.28. The van der Waals surface area contributed by atoms with E-state index in [9.17, 15) is 0 Å². The van der Waals surface area contributed by atoms with Crippen molar-refractivity contribution in [2.75, 3.05) is 0 Å². The quantitative estimate of drug-likeness (QED) is 0.196. The summed E-state index contributed by atoms with van der Waals surface area (Å²) < 4.78 is 2.36. The third-order valence-electron chi connectivity index (χ3n) is 10.8. The molecular formula is C50H32N4. The Labute approximate surface area is 311 Å². The fourth-order valence-electron chi connectivity index (χ4n) is 8.28. The number of imidazole rings is 1. The van der Waals surface area contributed by atoms with E-state index in [-0.39, 0.29) is 0 Å². The lowest BCUT2D eigenvalue weighted by Crippen LogP contribution is -1.99. The number of benzene rings is 8. The number of hydrogen-bond donors (Lipinski definition) is 1. The summed E-state index contributed by atoms with van der Waals surface area (Å²) in [7, 11) is 0. The van der Waals surface area contributed by atoms with Gasteiger partial charge < -0.3 is 4.98 Å². The van der Waals surface area contributed by atoms with Crippen molar-refractivity contribution in [3.05, 3.63) is 188 Å². The molecule has 3 heterocycles. The number of H-pyrrole nitrogens is 1. The first-order valence-electron chi connectivity index (χ1n) is 18.3. The Morgan fingerprint density at radius 2 is 1.15 bits per heavy atom. The Bertz CT molecular complexity index is 3220. The highest BCUT2D eigenvalue weighted by molar-refractivity contribution is 6.13. The number of aromatic nitrogens is 4. The molecule has 8 aromatic carbocycles. The average molecular weight is 689 g/mol. The van der Waals surface area contributed by atoms with E-state index >= 15 is 0 Å². The summed E-state index contributed by atoms with van der Waals surface area (Å²) in [5.74, 6) is 0.892. The van der Waals surface area contributed by atoms with E-state index in [2.05, 4.69) is 192 Å². The highest BCUT2D eigenvalue weighted by Crippen LogP contribution is 2.42. The molecule has 0 saturated carbocycles. The van der Waals surface area contributed by atoms with Gasteiger partial charge in [-0.2, -0.15) is 0 Å². The molecule has 4 nitrogen and oxygen atoms in total. The van der Waals surface area contributed by atoms with E-state index in [0.29, 0.717) is 0 Å². The summed E-state index contributed by atoms with van der Waals surface area (Å²) in [6.07, 6.45) is 1.91. The fraction of sp³-hybridized carbons (Fsp3) is 0.